The lowest BCUT2D eigenvalue weighted by atomic mass is 9.43. The average Bonchev–Trinajstić information content (AvgIpc) is 3.17. The summed E-state index contributed by atoms with van der Waals surface area (Å²) in [6.45, 7) is 15.5. The van der Waals surface area contributed by atoms with Gasteiger partial charge in [0.25, 0.3) is 0 Å². The van der Waals surface area contributed by atoms with E-state index in [2.05, 4.69) is 50.2 Å². The van der Waals surface area contributed by atoms with Crippen molar-refractivity contribution in [2.75, 3.05) is 33.2 Å². The molecule has 0 aromatic carbocycles. The van der Waals surface area contributed by atoms with Crippen LogP contribution in [-0.2, 0) is 23.7 Å². The van der Waals surface area contributed by atoms with E-state index in [0.717, 1.165) is 6.42 Å². The molecule has 32 heavy (non-hydrogen) atoms. The quantitative estimate of drug-likeness (QED) is 0.367. The van der Waals surface area contributed by atoms with E-state index in [1.165, 1.54) is 0 Å². The number of fused-ring (bicyclic) bond motifs is 4. The Balaban J connectivity index is 1.63. The van der Waals surface area contributed by atoms with Crippen molar-refractivity contribution >= 4 is 8.07 Å². The fraction of sp³-hybridized carbons (Fsp3) is 0.840. The van der Waals surface area contributed by atoms with Gasteiger partial charge in [0.2, 0.25) is 0 Å². The highest BCUT2D eigenvalue weighted by Crippen LogP contribution is 2.67. The summed E-state index contributed by atoms with van der Waals surface area (Å²) in [5, 5.41) is 11.4. The highest BCUT2D eigenvalue weighted by Gasteiger charge is 2.73. The first kappa shape index (κ1) is 23.0. The van der Waals surface area contributed by atoms with Crippen LogP contribution in [0.4, 0.5) is 0 Å². The third kappa shape index (κ3) is 3.30. The van der Waals surface area contributed by atoms with E-state index in [4.69, 9.17) is 23.7 Å². The molecule has 3 saturated heterocycles. The Hall–Kier alpha value is -0.723. The van der Waals surface area contributed by atoms with E-state index in [0.29, 0.717) is 33.2 Å². The predicted molar refractivity (Wildman–Crippen MR) is 122 cm³/mol. The van der Waals surface area contributed by atoms with Gasteiger partial charge in [0, 0.05) is 29.1 Å². The Morgan fingerprint density at radius 2 is 1.69 bits per heavy atom. The summed E-state index contributed by atoms with van der Waals surface area (Å²) in [7, 11) is -1.61. The van der Waals surface area contributed by atoms with Crippen molar-refractivity contribution in [2.45, 2.75) is 70.9 Å². The molecule has 2 bridgehead atoms. The standard InChI is InChI=1S/C25H38O6Si/c1-22(2)30-20-11-21(31-22)25-15-27-12-18(25)23(3,19(26)8-10-32(4,5)6)9-7-17(25)24(20)13-28-16-29-14-24/h7,9,17-21,26H,11-16H2,1-6H3/t17-,18-,19?,20+,21-,23+,25-/m0/s1. The minimum atomic E-state index is -1.61. The maximum Gasteiger partial charge on any atom is 0.163 e. The molecule has 2 spiro atoms. The van der Waals surface area contributed by atoms with Crippen LogP contribution in [0.5, 0.6) is 0 Å². The van der Waals surface area contributed by atoms with Crippen molar-refractivity contribution in [3.05, 3.63) is 12.2 Å². The van der Waals surface area contributed by atoms with Crippen molar-refractivity contribution < 1.29 is 28.8 Å². The van der Waals surface area contributed by atoms with Crippen LogP contribution in [0.15, 0.2) is 12.2 Å². The number of ether oxygens (including phenoxy) is 5. The van der Waals surface area contributed by atoms with Gasteiger partial charge in [-0.2, -0.15) is 0 Å². The molecule has 178 valence electrons. The van der Waals surface area contributed by atoms with Gasteiger partial charge in [0.05, 0.1) is 44.1 Å². The van der Waals surface area contributed by atoms with E-state index in [9.17, 15) is 5.11 Å². The fourth-order valence-corrected chi connectivity index (χ4v) is 7.62. The fourth-order valence-electron chi connectivity index (χ4n) is 7.05. The Morgan fingerprint density at radius 1 is 1.00 bits per heavy atom. The maximum absolute atomic E-state index is 11.4. The number of aliphatic hydroxyl groups is 1. The van der Waals surface area contributed by atoms with Crippen LogP contribution in [0.25, 0.3) is 0 Å². The third-order valence-corrected chi connectivity index (χ3v) is 9.38. The molecule has 3 heterocycles. The van der Waals surface area contributed by atoms with Gasteiger partial charge in [0.1, 0.15) is 21.0 Å². The van der Waals surface area contributed by atoms with E-state index in [-0.39, 0.29) is 34.9 Å². The van der Waals surface area contributed by atoms with Crippen molar-refractivity contribution in [3.8, 4) is 11.5 Å². The first-order chi connectivity index (χ1) is 14.9. The zero-order valence-electron chi connectivity index (χ0n) is 20.3. The van der Waals surface area contributed by atoms with E-state index in [1.54, 1.807) is 0 Å². The molecule has 1 unspecified atom stereocenters. The van der Waals surface area contributed by atoms with Gasteiger partial charge >= 0.3 is 0 Å². The molecular weight excluding hydrogens is 424 g/mol. The summed E-state index contributed by atoms with van der Waals surface area (Å²) < 4.78 is 31.2. The topological polar surface area (TPSA) is 66.4 Å². The van der Waals surface area contributed by atoms with Crippen LogP contribution in [0, 0.1) is 39.5 Å². The zero-order chi connectivity index (χ0) is 23.0. The second-order valence-electron chi connectivity index (χ2n) is 12.2. The molecule has 6 nitrogen and oxygen atoms in total. The summed E-state index contributed by atoms with van der Waals surface area (Å²) in [5.74, 6) is 2.73. The zero-order valence-corrected chi connectivity index (χ0v) is 21.3. The van der Waals surface area contributed by atoms with Crippen LogP contribution in [0.1, 0.15) is 27.2 Å². The molecule has 7 atom stereocenters. The van der Waals surface area contributed by atoms with E-state index in [1.807, 2.05) is 13.8 Å². The molecule has 0 amide bonds. The Bertz CT molecular complexity index is 847. The summed E-state index contributed by atoms with van der Waals surface area (Å²) in [5.41, 5.74) is 2.28. The highest BCUT2D eigenvalue weighted by atomic mass is 28.3. The second kappa shape index (κ2) is 7.39. The molecule has 5 rings (SSSR count). The van der Waals surface area contributed by atoms with Crippen molar-refractivity contribution in [1.29, 1.82) is 0 Å². The Kier molecular flexibility index (Phi) is 5.32. The third-order valence-electron chi connectivity index (χ3n) is 8.48. The largest absolute Gasteiger partial charge is 0.380 e. The molecule has 0 aromatic heterocycles. The van der Waals surface area contributed by atoms with Gasteiger partial charge in [0.15, 0.2) is 5.79 Å². The van der Waals surface area contributed by atoms with Crippen molar-refractivity contribution in [3.63, 3.8) is 0 Å². The van der Waals surface area contributed by atoms with E-state index >= 15 is 0 Å². The molecular formula is C25H38O6Si. The van der Waals surface area contributed by atoms with Crippen LogP contribution in [-0.4, -0.2) is 70.5 Å². The highest BCUT2D eigenvalue weighted by molar-refractivity contribution is 6.83. The smallest absolute Gasteiger partial charge is 0.163 e. The first-order valence-corrected chi connectivity index (χ1v) is 15.4. The Labute approximate surface area is 193 Å². The summed E-state index contributed by atoms with van der Waals surface area (Å²) in [6.07, 6.45) is 4.47. The molecule has 2 aliphatic carbocycles. The molecule has 5 aliphatic rings. The molecule has 1 saturated carbocycles. The predicted octanol–water partition coefficient (Wildman–Crippen LogP) is 2.97. The van der Waals surface area contributed by atoms with Gasteiger partial charge in [-0.15, -0.1) is 5.54 Å². The molecule has 3 aliphatic heterocycles. The van der Waals surface area contributed by atoms with Crippen LogP contribution >= 0.6 is 0 Å². The van der Waals surface area contributed by atoms with Crippen LogP contribution in [0.3, 0.4) is 0 Å². The minimum Gasteiger partial charge on any atom is -0.380 e. The molecule has 1 N–H and O–H groups in total. The second-order valence-corrected chi connectivity index (χ2v) is 17.0. The first-order valence-electron chi connectivity index (χ1n) is 11.9. The number of aliphatic hydroxyl groups excluding tert-OH is 1. The van der Waals surface area contributed by atoms with Crippen molar-refractivity contribution in [1.82, 2.24) is 0 Å². The molecule has 7 heteroatoms. The number of hydrogen-bond donors (Lipinski definition) is 1. The number of allylic oxidation sites excluding steroid dienone is 1. The summed E-state index contributed by atoms with van der Waals surface area (Å²) in [4.78, 5) is 0. The molecule has 0 radical (unpaired) electrons. The lowest BCUT2D eigenvalue weighted by Crippen LogP contribution is -2.73. The van der Waals surface area contributed by atoms with Gasteiger partial charge in [-0.25, -0.2) is 0 Å². The number of hydrogen-bond acceptors (Lipinski definition) is 6. The summed E-state index contributed by atoms with van der Waals surface area (Å²) in [6, 6.07) is 0. The SMILES string of the molecule is CC1(C)O[C@H]2C[C@@H](O1)C1(COCOC1)[C@@H]1C=C[C@@](C)(C(O)C#C[Si](C)(C)C)[C@@H]3COC[C@@]231. The van der Waals surface area contributed by atoms with Crippen LogP contribution < -0.4 is 0 Å². The Morgan fingerprint density at radius 3 is 2.38 bits per heavy atom. The maximum atomic E-state index is 11.4. The van der Waals surface area contributed by atoms with Crippen molar-refractivity contribution in [2.24, 2.45) is 28.1 Å². The monoisotopic (exact) mass is 462 g/mol. The van der Waals surface area contributed by atoms with Gasteiger partial charge in [-0.3, -0.25) is 0 Å². The van der Waals surface area contributed by atoms with Gasteiger partial charge in [-0.1, -0.05) is 44.6 Å². The van der Waals surface area contributed by atoms with Gasteiger partial charge < -0.3 is 28.8 Å². The van der Waals surface area contributed by atoms with Gasteiger partial charge in [-0.05, 0) is 13.8 Å². The normalized spacial score (nSPS) is 44.8. The lowest BCUT2D eigenvalue weighted by Gasteiger charge is -2.67. The average molecular weight is 463 g/mol. The molecule has 4 fully saturated rings. The number of rotatable bonds is 1. The summed E-state index contributed by atoms with van der Waals surface area (Å²) >= 11 is 0. The minimum absolute atomic E-state index is 0.0148. The molecule has 0 aromatic rings. The van der Waals surface area contributed by atoms with E-state index < -0.39 is 25.4 Å². The lowest BCUT2D eigenvalue weighted by molar-refractivity contribution is -0.393. The van der Waals surface area contributed by atoms with Crippen LogP contribution in [0.2, 0.25) is 19.6 Å².